The average molecular weight is 361 g/mol. The molecule has 1 aromatic heterocycles. The van der Waals surface area contributed by atoms with Gasteiger partial charge in [0.25, 0.3) is 0 Å². The molecule has 25 heavy (non-hydrogen) atoms. The standard InChI is InChI=1S/C17H16FN3O3S/c1-12-6-2-3-7-13(12)11-25(22,23)19-10-16-20-17(21-24-16)14-8-4-5-9-15(14)18/h2-9,19H,10-11H2,1H3. The number of aryl methyl sites for hydroxylation is 1. The molecule has 3 rings (SSSR count). The molecule has 1 heterocycles. The molecule has 130 valence electrons. The molecule has 8 heteroatoms. The normalized spacial score (nSPS) is 11.6. The highest BCUT2D eigenvalue weighted by molar-refractivity contribution is 7.88. The van der Waals surface area contributed by atoms with Crippen molar-refractivity contribution < 1.29 is 17.3 Å². The highest BCUT2D eigenvalue weighted by Gasteiger charge is 2.16. The van der Waals surface area contributed by atoms with Gasteiger partial charge in [-0.1, -0.05) is 41.6 Å². The smallest absolute Gasteiger partial charge is 0.242 e. The monoisotopic (exact) mass is 361 g/mol. The van der Waals surface area contributed by atoms with Gasteiger partial charge in [-0.3, -0.25) is 0 Å². The molecule has 0 atom stereocenters. The zero-order valence-electron chi connectivity index (χ0n) is 13.4. The number of halogens is 1. The van der Waals surface area contributed by atoms with Gasteiger partial charge in [-0.2, -0.15) is 4.98 Å². The van der Waals surface area contributed by atoms with E-state index in [0.29, 0.717) is 5.56 Å². The van der Waals surface area contributed by atoms with E-state index in [1.54, 1.807) is 24.3 Å². The lowest BCUT2D eigenvalue weighted by atomic mass is 10.1. The minimum atomic E-state index is -3.57. The van der Waals surface area contributed by atoms with Crippen LogP contribution in [0, 0.1) is 12.7 Å². The van der Waals surface area contributed by atoms with E-state index in [-0.39, 0.29) is 29.6 Å². The first-order chi connectivity index (χ1) is 11.9. The van der Waals surface area contributed by atoms with E-state index in [2.05, 4.69) is 14.9 Å². The van der Waals surface area contributed by atoms with Crippen molar-refractivity contribution in [2.75, 3.05) is 0 Å². The summed E-state index contributed by atoms with van der Waals surface area (Å²) in [6.07, 6.45) is 0. The summed E-state index contributed by atoms with van der Waals surface area (Å²) < 4.78 is 45.5. The van der Waals surface area contributed by atoms with Crippen molar-refractivity contribution in [1.29, 1.82) is 0 Å². The van der Waals surface area contributed by atoms with Crippen LogP contribution in [0.15, 0.2) is 53.1 Å². The molecule has 0 aliphatic rings. The molecule has 0 fully saturated rings. The fraction of sp³-hybridized carbons (Fsp3) is 0.176. The molecule has 6 nitrogen and oxygen atoms in total. The van der Waals surface area contributed by atoms with Crippen molar-refractivity contribution in [2.45, 2.75) is 19.2 Å². The van der Waals surface area contributed by atoms with E-state index < -0.39 is 15.8 Å². The van der Waals surface area contributed by atoms with Crippen LogP contribution in [0.5, 0.6) is 0 Å². The van der Waals surface area contributed by atoms with Gasteiger partial charge in [0.1, 0.15) is 5.82 Å². The summed E-state index contributed by atoms with van der Waals surface area (Å²) >= 11 is 0. The van der Waals surface area contributed by atoms with Crippen LogP contribution in [-0.2, 0) is 22.3 Å². The number of nitrogens with one attached hydrogen (secondary N) is 1. The van der Waals surface area contributed by atoms with E-state index in [0.717, 1.165) is 5.56 Å². The van der Waals surface area contributed by atoms with Gasteiger partial charge in [-0.15, -0.1) is 0 Å². The summed E-state index contributed by atoms with van der Waals surface area (Å²) in [6.45, 7) is 1.69. The SMILES string of the molecule is Cc1ccccc1CS(=O)(=O)NCc1nc(-c2ccccc2F)no1. The van der Waals surface area contributed by atoms with Gasteiger partial charge in [-0.25, -0.2) is 17.5 Å². The fourth-order valence-electron chi connectivity index (χ4n) is 2.28. The van der Waals surface area contributed by atoms with Gasteiger partial charge in [-0.05, 0) is 30.2 Å². The minimum absolute atomic E-state index is 0.0617. The number of aromatic nitrogens is 2. The van der Waals surface area contributed by atoms with Gasteiger partial charge in [0.15, 0.2) is 0 Å². The number of sulfonamides is 1. The van der Waals surface area contributed by atoms with Gasteiger partial charge < -0.3 is 4.52 Å². The second-order valence-electron chi connectivity index (χ2n) is 5.50. The topological polar surface area (TPSA) is 85.1 Å². The molecular formula is C17H16FN3O3S. The summed E-state index contributed by atoms with van der Waals surface area (Å²) in [7, 11) is -3.57. The zero-order valence-corrected chi connectivity index (χ0v) is 14.3. The second kappa shape index (κ2) is 7.12. The Hall–Kier alpha value is -2.58. The Morgan fingerprint density at radius 3 is 2.60 bits per heavy atom. The molecule has 2 aromatic carbocycles. The van der Waals surface area contributed by atoms with Gasteiger partial charge in [0.05, 0.1) is 17.9 Å². The average Bonchev–Trinajstić information content (AvgIpc) is 3.04. The van der Waals surface area contributed by atoms with Crippen molar-refractivity contribution >= 4 is 10.0 Å². The van der Waals surface area contributed by atoms with Crippen molar-refractivity contribution in [3.8, 4) is 11.4 Å². The Balaban J connectivity index is 1.68. The van der Waals surface area contributed by atoms with Gasteiger partial charge in [0, 0.05) is 0 Å². The summed E-state index contributed by atoms with van der Waals surface area (Å²) in [5, 5.41) is 3.69. The first-order valence-electron chi connectivity index (χ1n) is 7.54. The Bertz CT molecular complexity index is 986. The Labute approximate surface area is 144 Å². The molecule has 3 aromatic rings. The molecule has 0 bridgehead atoms. The van der Waals surface area contributed by atoms with Gasteiger partial charge >= 0.3 is 0 Å². The van der Waals surface area contributed by atoms with Gasteiger partial charge in [0.2, 0.25) is 21.7 Å². The van der Waals surface area contributed by atoms with Crippen LogP contribution >= 0.6 is 0 Å². The largest absolute Gasteiger partial charge is 0.338 e. The van der Waals surface area contributed by atoms with Crippen LogP contribution in [0.4, 0.5) is 4.39 Å². The molecular weight excluding hydrogens is 345 g/mol. The van der Waals surface area contributed by atoms with Crippen LogP contribution in [0.1, 0.15) is 17.0 Å². The summed E-state index contributed by atoms with van der Waals surface area (Å²) in [5.41, 5.74) is 1.81. The molecule has 0 aliphatic heterocycles. The Morgan fingerprint density at radius 2 is 1.84 bits per heavy atom. The maximum atomic E-state index is 13.7. The molecule has 0 saturated carbocycles. The minimum Gasteiger partial charge on any atom is -0.338 e. The number of hydrogen-bond donors (Lipinski definition) is 1. The molecule has 0 aliphatic carbocycles. The van der Waals surface area contributed by atoms with Crippen molar-refractivity contribution in [3.63, 3.8) is 0 Å². The predicted molar refractivity (Wildman–Crippen MR) is 90.3 cm³/mol. The summed E-state index contributed by atoms with van der Waals surface area (Å²) in [4.78, 5) is 4.02. The number of hydrogen-bond acceptors (Lipinski definition) is 5. The van der Waals surface area contributed by atoms with E-state index >= 15 is 0 Å². The first-order valence-corrected chi connectivity index (χ1v) is 9.19. The summed E-state index contributed by atoms with van der Waals surface area (Å²) in [6, 6.07) is 13.3. The quantitative estimate of drug-likeness (QED) is 0.730. The third-order valence-corrected chi connectivity index (χ3v) is 4.91. The van der Waals surface area contributed by atoms with Crippen LogP contribution < -0.4 is 4.72 Å². The van der Waals surface area contributed by atoms with E-state index in [9.17, 15) is 12.8 Å². The lowest BCUT2D eigenvalue weighted by Gasteiger charge is -2.07. The van der Waals surface area contributed by atoms with E-state index in [1.165, 1.54) is 12.1 Å². The highest BCUT2D eigenvalue weighted by Crippen LogP contribution is 2.19. The van der Waals surface area contributed by atoms with Crippen LogP contribution in [0.2, 0.25) is 0 Å². The number of nitrogens with zero attached hydrogens (tertiary/aromatic N) is 2. The second-order valence-corrected chi connectivity index (χ2v) is 7.31. The third-order valence-electron chi connectivity index (χ3n) is 3.63. The molecule has 0 amide bonds. The van der Waals surface area contributed by atoms with Crippen molar-refractivity contribution in [2.24, 2.45) is 0 Å². The Kier molecular flexibility index (Phi) is 4.91. The summed E-state index contributed by atoms with van der Waals surface area (Å²) in [5.74, 6) is -0.485. The molecule has 0 saturated heterocycles. The first kappa shape index (κ1) is 17.2. The number of rotatable bonds is 6. The van der Waals surface area contributed by atoms with E-state index in [4.69, 9.17) is 4.52 Å². The van der Waals surface area contributed by atoms with Crippen LogP contribution in [0.3, 0.4) is 0 Å². The molecule has 0 unspecified atom stereocenters. The predicted octanol–water partition coefficient (Wildman–Crippen LogP) is 2.80. The lowest BCUT2D eigenvalue weighted by Crippen LogP contribution is -2.25. The highest BCUT2D eigenvalue weighted by atomic mass is 32.2. The van der Waals surface area contributed by atoms with Crippen LogP contribution in [-0.4, -0.2) is 18.6 Å². The Morgan fingerprint density at radius 1 is 1.12 bits per heavy atom. The lowest BCUT2D eigenvalue weighted by molar-refractivity contribution is 0.375. The maximum Gasteiger partial charge on any atom is 0.242 e. The third kappa shape index (κ3) is 4.28. The zero-order chi connectivity index (χ0) is 17.9. The van der Waals surface area contributed by atoms with E-state index in [1.807, 2.05) is 19.1 Å². The molecule has 0 spiro atoms. The van der Waals surface area contributed by atoms with Crippen LogP contribution in [0.25, 0.3) is 11.4 Å². The molecule has 0 radical (unpaired) electrons. The van der Waals surface area contributed by atoms with Crippen molar-refractivity contribution in [3.05, 3.63) is 71.4 Å². The maximum absolute atomic E-state index is 13.7. The fourth-order valence-corrected chi connectivity index (χ4v) is 3.46. The van der Waals surface area contributed by atoms with Crippen molar-refractivity contribution in [1.82, 2.24) is 14.9 Å². The molecule has 1 N–H and O–H groups in total. The number of benzene rings is 2.